The summed E-state index contributed by atoms with van der Waals surface area (Å²) in [5.74, 6) is 0.791. The molecule has 0 unspecified atom stereocenters. The first kappa shape index (κ1) is 11.7. The van der Waals surface area contributed by atoms with Crippen LogP contribution in [0.1, 0.15) is 16.7 Å². The number of rotatable bonds is 1. The van der Waals surface area contributed by atoms with Crippen LogP contribution in [0.25, 0.3) is 17.0 Å². The molecule has 0 aliphatic carbocycles. The molecule has 2 heterocycles. The predicted octanol–water partition coefficient (Wildman–Crippen LogP) is 2.90. The maximum absolute atomic E-state index is 6.18. The molecule has 19 heavy (non-hydrogen) atoms. The second kappa shape index (κ2) is 4.09. The topological polar surface area (TPSA) is 56.2 Å². The molecule has 0 saturated heterocycles. The van der Waals surface area contributed by atoms with Crippen LogP contribution in [-0.4, -0.2) is 14.6 Å². The van der Waals surface area contributed by atoms with Gasteiger partial charge in [-0.25, -0.2) is 0 Å². The number of pyridine rings is 1. The smallest absolute Gasteiger partial charge is 0.170 e. The summed E-state index contributed by atoms with van der Waals surface area (Å²) in [6.07, 6.45) is 1.98. The molecule has 0 spiro atoms. The molecule has 0 bridgehead atoms. The molecule has 0 aliphatic heterocycles. The second-order valence-electron chi connectivity index (χ2n) is 5.00. The van der Waals surface area contributed by atoms with Crippen LogP contribution in [0, 0.1) is 20.8 Å². The Kier molecular flexibility index (Phi) is 2.52. The molecule has 0 atom stereocenters. The van der Waals surface area contributed by atoms with Crippen molar-refractivity contribution in [3.63, 3.8) is 0 Å². The zero-order valence-corrected chi connectivity index (χ0v) is 11.3. The molecule has 96 valence electrons. The zero-order valence-electron chi connectivity index (χ0n) is 11.3. The van der Waals surface area contributed by atoms with Crippen LogP contribution in [-0.2, 0) is 0 Å². The van der Waals surface area contributed by atoms with Crippen LogP contribution in [0.4, 0.5) is 5.69 Å². The van der Waals surface area contributed by atoms with Gasteiger partial charge in [0, 0.05) is 17.4 Å². The molecule has 3 aromatic rings. The van der Waals surface area contributed by atoms with Crippen LogP contribution < -0.4 is 5.73 Å². The molecule has 3 rings (SSSR count). The molecule has 4 nitrogen and oxygen atoms in total. The quantitative estimate of drug-likeness (QED) is 0.677. The summed E-state index contributed by atoms with van der Waals surface area (Å²) in [4.78, 5) is 0. The Morgan fingerprint density at radius 3 is 2.58 bits per heavy atom. The van der Waals surface area contributed by atoms with Crippen molar-refractivity contribution in [2.45, 2.75) is 20.8 Å². The highest BCUT2D eigenvalue weighted by atomic mass is 15.2. The number of hydrogen-bond donors (Lipinski definition) is 1. The van der Waals surface area contributed by atoms with Crippen LogP contribution in [0.2, 0.25) is 0 Å². The summed E-state index contributed by atoms with van der Waals surface area (Å²) in [6, 6.07) is 8.18. The molecule has 2 N–H and O–H groups in total. The van der Waals surface area contributed by atoms with Crippen molar-refractivity contribution in [1.29, 1.82) is 0 Å². The van der Waals surface area contributed by atoms with E-state index in [2.05, 4.69) is 29.3 Å². The minimum absolute atomic E-state index is 0.764. The van der Waals surface area contributed by atoms with E-state index in [0.717, 1.165) is 28.3 Å². The Bertz CT molecular complexity index is 771. The van der Waals surface area contributed by atoms with Gasteiger partial charge in [0.05, 0.1) is 0 Å². The average molecular weight is 252 g/mol. The summed E-state index contributed by atoms with van der Waals surface area (Å²) >= 11 is 0. The summed E-state index contributed by atoms with van der Waals surface area (Å²) in [7, 11) is 0. The Hall–Kier alpha value is -2.36. The SMILES string of the molecule is Cc1cc(C)c(N)c(-c2nnc3cc(C)ccn23)c1. The molecule has 0 fully saturated rings. The number of benzene rings is 1. The summed E-state index contributed by atoms with van der Waals surface area (Å²) in [5.41, 5.74) is 12.1. The summed E-state index contributed by atoms with van der Waals surface area (Å²) in [5, 5.41) is 8.50. The van der Waals surface area contributed by atoms with Gasteiger partial charge in [-0.1, -0.05) is 6.07 Å². The largest absolute Gasteiger partial charge is 0.398 e. The van der Waals surface area contributed by atoms with Gasteiger partial charge in [-0.05, 0) is 55.7 Å². The Labute approximate surface area is 111 Å². The van der Waals surface area contributed by atoms with E-state index in [1.54, 1.807) is 0 Å². The van der Waals surface area contributed by atoms with Gasteiger partial charge in [0.25, 0.3) is 0 Å². The highest BCUT2D eigenvalue weighted by molar-refractivity contribution is 5.76. The minimum Gasteiger partial charge on any atom is -0.398 e. The van der Waals surface area contributed by atoms with Gasteiger partial charge in [-0.2, -0.15) is 0 Å². The highest BCUT2D eigenvalue weighted by Gasteiger charge is 2.12. The molecule has 0 radical (unpaired) electrons. The molecular weight excluding hydrogens is 236 g/mol. The number of fused-ring (bicyclic) bond motifs is 1. The van der Waals surface area contributed by atoms with Gasteiger partial charge in [0.2, 0.25) is 0 Å². The number of nitrogens with two attached hydrogens (primary N) is 1. The number of aryl methyl sites for hydroxylation is 3. The maximum Gasteiger partial charge on any atom is 0.170 e. The Morgan fingerprint density at radius 2 is 1.79 bits per heavy atom. The van der Waals surface area contributed by atoms with Crippen LogP contribution in [0.5, 0.6) is 0 Å². The first-order valence-corrected chi connectivity index (χ1v) is 6.25. The first-order valence-electron chi connectivity index (χ1n) is 6.25. The van der Waals surface area contributed by atoms with Crippen molar-refractivity contribution in [1.82, 2.24) is 14.6 Å². The molecule has 0 saturated carbocycles. The van der Waals surface area contributed by atoms with Crippen molar-refractivity contribution in [2.75, 3.05) is 5.73 Å². The fraction of sp³-hybridized carbons (Fsp3) is 0.200. The van der Waals surface area contributed by atoms with Gasteiger partial charge >= 0.3 is 0 Å². The maximum atomic E-state index is 6.18. The average Bonchev–Trinajstić information content (AvgIpc) is 2.76. The summed E-state index contributed by atoms with van der Waals surface area (Å²) < 4.78 is 1.97. The molecule has 2 aromatic heterocycles. The molecule has 4 heteroatoms. The molecule has 1 aromatic carbocycles. The van der Waals surface area contributed by atoms with E-state index in [9.17, 15) is 0 Å². The van der Waals surface area contributed by atoms with Crippen molar-refractivity contribution < 1.29 is 0 Å². The van der Waals surface area contributed by atoms with Crippen LogP contribution in [0.3, 0.4) is 0 Å². The number of hydrogen-bond acceptors (Lipinski definition) is 3. The third-order valence-corrected chi connectivity index (χ3v) is 3.34. The first-order chi connectivity index (χ1) is 9.06. The second-order valence-corrected chi connectivity index (χ2v) is 5.00. The third kappa shape index (κ3) is 1.85. The van der Waals surface area contributed by atoms with Crippen molar-refractivity contribution >= 4 is 11.3 Å². The number of nitrogen functional groups attached to an aromatic ring is 1. The van der Waals surface area contributed by atoms with Crippen LogP contribution >= 0.6 is 0 Å². The minimum atomic E-state index is 0.764. The third-order valence-electron chi connectivity index (χ3n) is 3.34. The van der Waals surface area contributed by atoms with E-state index < -0.39 is 0 Å². The van der Waals surface area contributed by atoms with E-state index in [1.807, 2.05) is 36.6 Å². The number of nitrogens with zero attached hydrogens (tertiary/aromatic N) is 3. The van der Waals surface area contributed by atoms with E-state index in [4.69, 9.17) is 5.73 Å². The Balaban J connectivity index is 2.31. The standard InChI is InChI=1S/C15H16N4/c1-9-4-5-19-13(8-9)17-18-15(19)12-7-10(2)6-11(3)14(12)16/h4-8H,16H2,1-3H3. The van der Waals surface area contributed by atoms with Gasteiger partial charge in [0.1, 0.15) is 0 Å². The van der Waals surface area contributed by atoms with Gasteiger partial charge in [0.15, 0.2) is 11.5 Å². The monoisotopic (exact) mass is 252 g/mol. The van der Waals surface area contributed by atoms with E-state index >= 15 is 0 Å². The van der Waals surface area contributed by atoms with E-state index in [0.29, 0.717) is 0 Å². The van der Waals surface area contributed by atoms with Gasteiger partial charge < -0.3 is 5.73 Å². The van der Waals surface area contributed by atoms with Gasteiger partial charge in [-0.3, -0.25) is 4.40 Å². The van der Waals surface area contributed by atoms with Crippen molar-refractivity contribution in [2.24, 2.45) is 0 Å². The van der Waals surface area contributed by atoms with Crippen LogP contribution in [0.15, 0.2) is 30.5 Å². The summed E-state index contributed by atoms with van der Waals surface area (Å²) in [6.45, 7) is 6.11. The van der Waals surface area contributed by atoms with E-state index in [1.165, 1.54) is 11.1 Å². The molecule has 0 amide bonds. The lowest BCUT2D eigenvalue weighted by Gasteiger charge is -2.09. The number of anilines is 1. The number of aromatic nitrogens is 3. The normalized spacial score (nSPS) is 11.1. The van der Waals surface area contributed by atoms with Crippen molar-refractivity contribution in [3.05, 3.63) is 47.2 Å². The molecule has 0 aliphatic rings. The zero-order chi connectivity index (χ0) is 13.6. The predicted molar refractivity (Wildman–Crippen MR) is 77.0 cm³/mol. The fourth-order valence-electron chi connectivity index (χ4n) is 2.34. The fourth-order valence-corrected chi connectivity index (χ4v) is 2.34. The lowest BCUT2D eigenvalue weighted by atomic mass is 10.0. The Morgan fingerprint density at radius 1 is 1.00 bits per heavy atom. The van der Waals surface area contributed by atoms with E-state index in [-0.39, 0.29) is 0 Å². The lowest BCUT2D eigenvalue weighted by molar-refractivity contribution is 1.11. The van der Waals surface area contributed by atoms with Gasteiger partial charge in [-0.15, -0.1) is 10.2 Å². The van der Waals surface area contributed by atoms with Crippen molar-refractivity contribution in [3.8, 4) is 11.4 Å². The molecular formula is C15H16N4. The highest BCUT2D eigenvalue weighted by Crippen LogP contribution is 2.28. The lowest BCUT2D eigenvalue weighted by Crippen LogP contribution is -1.98.